The summed E-state index contributed by atoms with van der Waals surface area (Å²) in [5.74, 6) is 0.415. The number of ketones is 1. The lowest BCUT2D eigenvalue weighted by atomic mass is 10.2. The number of fused-ring (bicyclic) bond motifs is 1. The van der Waals surface area contributed by atoms with Crippen LogP contribution in [0, 0.1) is 0 Å². The van der Waals surface area contributed by atoms with E-state index in [1.165, 1.54) is 17.3 Å². The Morgan fingerprint density at radius 1 is 1.12 bits per heavy atom. The van der Waals surface area contributed by atoms with E-state index in [9.17, 15) is 4.79 Å². The topological polar surface area (TPSA) is 58.6 Å². The molecule has 0 atom stereocenters. The van der Waals surface area contributed by atoms with Gasteiger partial charge in [-0.2, -0.15) is 0 Å². The van der Waals surface area contributed by atoms with E-state index in [4.69, 9.17) is 0 Å². The molecule has 6 heteroatoms. The summed E-state index contributed by atoms with van der Waals surface area (Å²) in [6, 6.07) is 15.9. The lowest BCUT2D eigenvalue weighted by molar-refractivity contribution is 0.101. The second kappa shape index (κ2) is 6.59. The quantitative estimate of drug-likeness (QED) is 0.323. The van der Waals surface area contributed by atoms with E-state index in [0.29, 0.717) is 11.4 Å². The van der Waals surface area contributed by atoms with Crippen LogP contribution in [0.5, 0.6) is 0 Å². The van der Waals surface area contributed by atoms with Crippen LogP contribution in [-0.2, 0) is 0 Å². The minimum absolute atomic E-state index is 0.0651. The minimum atomic E-state index is 0.0651. The van der Waals surface area contributed by atoms with Gasteiger partial charge in [-0.3, -0.25) is 4.79 Å². The molecule has 4 rings (SSSR count). The first-order chi connectivity index (χ1) is 11.8. The Balaban J connectivity index is 1.62. The van der Waals surface area contributed by atoms with E-state index < -0.39 is 0 Å². The predicted molar refractivity (Wildman–Crippen MR) is 98.7 cm³/mol. The van der Waals surface area contributed by atoms with Crippen molar-refractivity contribution in [3.8, 4) is 10.4 Å². The second-order valence-corrected chi connectivity index (χ2v) is 7.16. The van der Waals surface area contributed by atoms with Gasteiger partial charge in [-0.05, 0) is 23.8 Å². The fourth-order valence-electron chi connectivity index (χ4n) is 2.41. The third kappa shape index (κ3) is 2.98. The molecule has 118 valence electrons. The number of carbonyl (C=O) groups excluding carboxylic acids is 1. The molecule has 4 nitrogen and oxygen atoms in total. The van der Waals surface area contributed by atoms with Crippen molar-refractivity contribution in [2.45, 2.75) is 5.03 Å². The van der Waals surface area contributed by atoms with E-state index in [2.05, 4.69) is 33.2 Å². The van der Waals surface area contributed by atoms with Crippen LogP contribution in [0.1, 0.15) is 10.5 Å². The van der Waals surface area contributed by atoms with E-state index in [1.54, 1.807) is 29.9 Å². The van der Waals surface area contributed by atoms with Crippen molar-refractivity contribution in [3.63, 3.8) is 0 Å². The number of aromatic amines is 1. The van der Waals surface area contributed by atoms with Crippen LogP contribution in [0.4, 0.5) is 0 Å². The molecular weight excluding hydrogens is 338 g/mol. The van der Waals surface area contributed by atoms with Crippen LogP contribution < -0.4 is 0 Å². The smallest absolute Gasteiger partial charge is 0.189 e. The maximum Gasteiger partial charge on any atom is 0.189 e. The van der Waals surface area contributed by atoms with E-state index in [0.717, 1.165) is 20.1 Å². The monoisotopic (exact) mass is 351 g/mol. The van der Waals surface area contributed by atoms with Crippen LogP contribution in [0.2, 0.25) is 0 Å². The zero-order valence-corrected chi connectivity index (χ0v) is 14.2. The fraction of sp³-hybridized carbons (Fsp3) is 0.0556. The largest absolute Gasteiger partial charge is 0.359 e. The van der Waals surface area contributed by atoms with E-state index in [1.807, 2.05) is 24.3 Å². The minimum Gasteiger partial charge on any atom is -0.359 e. The number of rotatable bonds is 5. The maximum absolute atomic E-state index is 12.1. The predicted octanol–water partition coefficient (Wildman–Crippen LogP) is 4.66. The molecule has 0 radical (unpaired) electrons. The number of aromatic nitrogens is 3. The number of hydrogen-bond donors (Lipinski definition) is 1. The van der Waals surface area contributed by atoms with Crippen LogP contribution in [0.3, 0.4) is 0 Å². The molecular formula is C18H13N3OS2. The Labute approximate surface area is 147 Å². The SMILES string of the molecule is O=C(CSc1ncnc2sc(-c3ccccc3)cc12)c1ccc[nH]1. The molecule has 0 bridgehead atoms. The van der Waals surface area contributed by atoms with Gasteiger partial charge in [0, 0.05) is 16.5 Å². The summed E-state index contributed by atoms with van der Waals surface area (Å²) < 4.78 is 0. The molecule has 24 heavy (non-hydrogen) atoms. The number of thioether (sulfide) groups is 1. The third-order valence-electron chi connectivity index (χ3n) is 3.59. The van der Waals surface area contributed by atoms with Crippen LogP contribution in [0.25, 0.3) is 20.7 Å². The molecule has 0 saturated heterocycles. The van der Waals surface area contributed by atoms with Crippen molar-refractivity contribution in [1.82, 2.24) is 15.0 Å². The summed E-state index contributed by atoms with van der Waals surface area (Å²) in [4.78, 5) is 25.9. The molecule has 0 aliphatic carbocycles. The number of nitrogens with one attached hydrogen (secondary N) is 1. The summed E-state index contributed by atoms with van der Waals surface area (Å²) in [6.45, 7) is 0. The normalized spacial score (nSPS) is 11.0. The Hall–Kier alpha value is -2.44. The van der Waals surface area contributed by atoms with Gasteiger partial charge in [0.15, 0.2) is 5.78 Å². The number of nitrogens with zero attached hydrogens (tertiary/aromatic N) is 2. The van der Waals surface area contributed by atoms with Gasteiger partial charge in [-0.15, -0.1) is 11.3 Å². The second-order valence-electron chi connectivity index (χ2n) is 5.17. The van der Waals surface area contributed by atoms with Crippen molar-refractivity contribution in [2.75, 3.05) is 5.75 Å². The Kier molecular flexibility index (Phi) is 4.15. The zero-order chi connectivity index (χ0) is 16.4. The summed E-state index contributed by atoms with van der Waals surface area (Å²) >= 11 is 3.09. The lowest BCUT2D eigenvalue weighted by Crippen LogP contribution is -2.02. The van der Waals surface area contributed by atoms with Gasteiger partial charge in [0.2, 0.25) is 0 Å². The summed E-state index contributed by atoms with van der Waals surface area (Å²) in [5.41, 5.74) is 1.79. The number of hydrogen-bond acceptors (Lipinski definition) is 5. The third-order valence-corrected chi connectivity index (χ3v) is 5.69. The Morgan fingerprint density at radius 3 is 2.79 bits per heavy atom. The molecule has 0 unspecified atom stereocenters. The molecule has 0 saturated carbocycles. The highest BCUT2D eigenvalue weighted by Crippen LogP contribution is 2.36. The molecule has 1 N–H and O–H groups in total. The van der Waals surface area contributed by atoms with Gasteiger partial charge >= 0.3 is 0 Å². The highest BCUT2D eigenvalue weighted by atomic mass is 32.2. The molecule has 0 spiro atoms. The van der Waals surface area contributed by atoms with Gasteiger partial charge < -0.3 is 4.98 Å². The van der Waals surface area contributed by atoms with E-state index >= 15 is 0 Å². The summed E-state index contributed by atoms with van der Waals surface area (Å²) in [5, 5.41) is 1.85. The number of thiophene rings is 1. The molecule has 0 aliphatic rings. The lowest BCUT2D eigenvalue weighted by Gasteiger charge is -2.00. The number of H-pyrrole nitrogens is 1. The Bertz CT molecular complexity index is 978. The molecule has 4 aromatic rings. The number of carbonyl (C=O) groups is 1. The molecule has 0 amide bonds. The van der Waals surface area contributed by atoms with E-state index in [-0.39, 0.29) is 5.78 Å². The molecule has 3 heterocycles. The van der Waals surface area contributed by atoms with Gasteiger partial charge in [0.25, 0.3) is 0 Å². The average molecular weight is 351 g/mol. The maximum atomic E-state index is 12.1. The average Bonchev–Trinajstić information content (AvgIpc) is 3.30. The van der Waals surface area contributed by atoms with Crippen LogP contribution >= 0.6 is 23.1 Å². The Morgan fingerprint density at radius 2 is 2.00 bits per heavy atom. The highest BCUT2D eigenvalue weighted by molar-refractivity contribution is 8.00. The van der Waals surface area contributed by atoms with Crippen LogP contribution in [0.15, 0.2) is 66.1 Å². The van der Waals surface area contributed by atoms with Gasteiger partial charge in [-0.1, -0.05) is 42.1 Å². The first-order valence-electron chi connectivity index (χ1n) is 7.40. The summed E-state index contributed by atoms with van der Waals surface area (Å²) in [7, 11) is 0. The highest BCUT2D eigenvalue weighted by Gasteiger charge is 2.13. The molecule has 0 aliphatic heterocycles. The van der Waals surface area contributed by atoms with Crippen molar-refractivity contribution in [2.24, 2.45) is 0 Å². The van der Waals surface area contributed by atoms with Gasteiger partial charge in [0.05, 0.1) is 11.4 Å². The first kappa shape index (κ1) is 15.1. The fourth-order valence-corrected chi connectivity index (χ4v) is 4.33. The number of benzene rings is 1. The zero-order valence-electron chi connectivity index (χ0n) is 12.6. The molecule has 0 fully saturated rings. The van der Waals surface area contributed by atoms with Crippen molar-refractivity contribution in [1.29, 1.82) is 0 Å². The molecule has 1 aromatic carbocycles. The van der Waals surface area contributed by atoms with Gasteiger partial charge in [-0.25, -0.2) is 9.97 Å². The van der Waals surface area contributed by atoms with Gasteiger partial charge in [0.1, 0.15) is 16.2 Å². The van der Waals surface area contributed by atoms with Crippen molar-refractivity contribution >= 4 is 39.1 Å². The standard InChI is InChI=1S/C18H13N3OS2/c22-15(14-7-4-8-19-14)10-23-17-13-9-16(12-5-2-1-3-6-12)24-18(13)21-11-20-17/h1-9,11,19H,10H2. The number of Topliss-reactive ketones (excluding diaryl/α,β-unsaturated/α-hetero) is 1. The molecule has 3 aromatic heterocycles. The van der Waals surface area contributed by atoms with Crippen LogP contribution in [-0.4, -0.2) is 26.5 Å². The van der Waals surface area contributed by atoms with Crippen molar-refractivity contribution in [3.05, 3.63) is 66.7 Å². The van der Waals surface area contributed by atoms with Crippen molar-refractivity contribution < 1.29 is 4.79 Å². The summed E-state index contributed by atoms with van der Waals surface area (Å²) in [6.07, 6.45) is 3.32. The first-order valence-corrected chi connectivity index (χ1v) is 9.21.